The maximum absolute atomic E-state index is 12.9. The quantitative estimate of drug-likeness (QED) is 0.748. The van der Waals surface area contributed by atoms with E-state index in [2.05, 4.69) is 4.90 Å². The third-order valence-electron chi connectivity index (χ3n) is 5.86. The first-order valence-electron chi connectivity index (χ1n) is 9.74. The monoisotopic (exact) mass is 345 g/mol. The van der Waals surface area contributed by atoms with E-state index in [1.807, 2.05) is 18.2 Å². The summed E-state index contributed by atoms with van der Waals surface area (Å²) in [6.45, 7) is 0.856. The maximum atomic E-state index is 12.9. The zero-order valence-corrected chi connectivity index (χ0v) is 15.6. The summed E-state index contributed by atoms with van der Waals surface area (Å²) in [5, 5.41) is 0. The Balaban J connectivity index is 1.68. The molecule has 0 aromatic heterocycles. The van der Waals surface area contributed by atoms with Gasteiger partial charge in [-0.3, -0.25) is 4.79 Å². The lowest BCUT2D eigenvalue weighted by atomic mass is 9.86. The standard InChI is InChI=1S/C21H31NO3/c1-24-17-11-12-20(25-2)18(15-17)19-9-6-14-22(19)21(23)13-10-16-7-4-3-5-8-16/h11-12,15-16,19H,3-10,13-14H2,1-2H3. The van der Waals surface area contributed by atoms with Gasteiger partial charge in [-0.05, 0) is 43.4 Å². The fourth-order valence-electron chi connectivity index (χ4n) is 4.44. The van der Waals surface area contributed by atoms with Gasteiger partial charge < -0.3 is 14.4 Å². The third kappa shape index (κ3) is 4.28. The Hall–Kier alpha value is -1.71. The van der Waals surface area contributed by atoms with Crippen molar-refractivity contribution in [3.05, 3.63) is 23.8 Å². The van der Waals surface area contributed by atoms with Gasteiger partial charge in [-0.1, -0.05) is 32.1 Å². The lowest BCUT2D eigenvalue weighted by Gasteiger charge is -2.28. The van der Waals surface area contributed by atoms with Crippen LogP contribution in [0, 0.1) is 5.92 Å². The molecule has 3 rings (SSSR count). The van der Waals surface area contributed by atoms with Crippen LogP contribution in [0.4, 0.5) is 0 Å². The van der Waals surface area contributed by atoms with Gasteiger partial charge in [-0.2, -0.15) is 0 Å². The highest BCUT2D eigenvalue weighted by molar-refractivity contribution is 5.77. The number of rotatable bonds is 6. The van der Waals surface area contributed by atoms with Gasteiger partial charge in [0.1, 0.15) is 11.5 Å². The van der Waals surface area contributed by atoms with Crippen molar-refractivity contribution in [1.82, 2.24) is 4.90 Å². The van der Waals surface area contributed by atoms with E-state index in [4.69, 9.17) is 9.47 Å². The average Bonchev–Trinajstić information content (AvgIpc) is 3.16. The van der Waals surface area contributed by atoms with Crippen LogP contribution in [0.2, 0.25) is 0 Å². The largest absolute Gasteiger partial charge is 0.497 e. The van der Waals surface area contributed by atoms with Crippen LogP contribution in [0.15, 0.2) is 18.2 Å². The summed E-state index contributed by atoms with van der Waals surface area (Å²) in [6, 6.07) is 5.99. The number of likely N-dealkylation sites (tertiary alicyclic amines) is 1. The number of amides is 1. The predicted octanol–water partition coefficient (Wildman–Crippen LogP) is 4.73. The van der Waals surface area contributed by atoms with Gasteiger partial charge in [0.05, 0.1) is 20.3 Å². The molecule has 4 nitrogen and oxygen atoms in total. The second kappa shape index (κ2) is 8.59. The third-order valence-corrected chi connectivity index (χ3v) is 5.86. The highest BCUT2D eigenvalue weighted by atomic mass is 16.5. The highest BCUT2D eigenvalue weighted by Gasteiger charge is 2.32. The van der Waals surface area contributed by atoms with Gasteiger partial charge in [-0.15, -0.1) is 0 Å². The first kappa shape index (κ1) is 18.1. The smallest absolute Gasteiger partial charge is 0.223 e. The van der Waals surface area contributed by atoms with Crippen LogP contribution in [-0.2, 0) is 4.79 Å². The van der Waals surface area contributed by atoms with Gasteiger partial charge in [0.25, 0.3) is 0 Å². The molecule has 1 aliphatic heterocycles. The summed E-state index contributed by atoms with van der Waals surface area (Å²) in [7, 11) is 3.36. The van der Waals surface area contributed by atoms with E-state index in [0.29, 0.717) is 12.3 Å². The van der Waals surface area contributed by atoms with Crippen LogP contribution >= 0.6 is 0 Å². The fraction of sp³-hybridized carbons (Fsp3) is 0.667. The first-order chi connectivity index (χ1) is 12.2. The lowest BCUT2D eigenvalue weighted by Crippen LogP contribution is -2.31. The minimum Gasteiger partial charge on any atom is -0.497 e. The maximum Gasteiger partial charge on any atom is 0.223 e. The van der Waals surface area contributed by atoms with E-state index in [0.717, 1.165) is 48.8 Å². The Bertz CT molecular complexity index is 581. The number of nitrogens with zero attached hydrogens (tertiary/aromatic N) is 1. The number of carbonyl (C=O) groups excluding carboxylic acids is 1. The summed E-state index contributed by atoms with van der Waals surface area (Å²) in [6.07, 6.45) is 10.5. The molecule has 1 saturated carbocycles. The van der Waals surface area contributed by atoms with E-state index in [-0.39, 0.29) is 6.04 Å². The zero-order valence-electron chi connectivity index (χ0n) is 15.6. The van der Waals surface area contributed by atoms with Crippen molar-refractivity contribution in [2.45, 2.75) is 63.8 Å². The van der Waals surface area contributed by atoms with Gasteiger partial charge >= 0.3 is 0 Å². The van der Waals surface area contributed by atoms with Gasteiger partial charge in [0.2, 0.25) is 5.91 Å². The van der Waals surface area contributed by atoms with Gasteiger partial charge in [0.15, 0.2) is 0 Å². The van der Waals surface area contributed by atoms with Gasteiger partial charge in [-0.25, -0.2) is 0 Å². The number of ether oxygens (including phenoxy) is 2. The number of hydrogen-bond acceptors (Lipinski definition) is 3. The predicted molar refractivity (Wildman–Crippen MR) is 99.0 cm³/mol. The van der Waals surface area contributed by atoms with Crippen molar-refractivity contribution in [2.75, 3.05) is 20.8 Å². The second-order valence-corrected chi connectivity index (χ2v) is 7.40. The fourth-order valence-corrected chi connectivity index (χ4v) is 4.44. The van der Waals surface area contributed by atoms with Crippen LogP contribution in [0.25, 0.3) is 0 Å². The van der Waals surface area contributed by atoms with Crippen LogP contribution in [0.1, 0.15) is 69.4 Å². The minimum atomic E-state index is 0.115. The van der Waals surface area contributed by atoms with Crippen molar-refractivity contribution in [2.24, 2.45) is 5.92 Å². The first-order valence-corrected chi connectivity index (χ1v) is 9.74. The SMILES string of the molecule is COc1ccc(OC)c(C2CCCN2C(=O)CCC2CCCCC2)c1. The zero-order chi connectivity index (χ0) is 17.6. The molecule has 4 heteroatoms. The molecule has 1 amide bonds. The lowest BCUT2D eigenvalue weighted by molar-refractivity contribution is -0.132. The normalized spacial score (nSPS) is 21.4. The molecular formula is C21H31NO3. The summed E-state index contributed by atoms with van der Waals surface area (Å²) in [5.41, 5.74) is 1.07. The molecule has 1 heterocycles. The molecule has 1 atom stereocenters. The molecule has 1 aromatic carbocycles. The van der Waals surface area contributed by atoms with Crippen LogP contribution in [0.5, 0.6) is 11.5 Å². The molecule has 1 unspecified atom stereocenters. The molecule has 0 spiro atoms. The topological polar surface area (TPSA) is 38.8 Å². The van der Waals surface area contributed by atoms with Crippen LogP contribution in [-0.4, -0.2) is 31.6 Å². The van der Waals surface area contributed by atoms with Crippen molar-refractivity contribution < 1.29 is 14.3 Å². The molecule has 25 heavy (non-hydrogen) atoms. The van der Waals surface area contributed by atoms with Crippen molar-refractivity contribution in [3.8, 4) is 11.5 Å². The molecule has 1 saturated heterocycles. The molecule has 138 valence electrons. The van der Waals surface area contributed by atoms with E-state index in [9.17, 15) is 4.79 Å². The summed E-state index contributed by atoms with van der Waals surface area (Å²) in [4.78, 5) is 14.9. The van der Waals surface area contributed by atoms with E-state index in [1.165, 1.54) is 32.1 Å². The van der Waals surface area contributed by atoms with Crippen LogP contribution < -0.4 is 9.47 Å². The number of carbonyl (C=O) groups is 1. The molecule has 0 N–H and O–H groups in total. The Labute approximate surface area is 151 Å². The Morgan fingerprint density at radius 3 is 2.60 bits per heavy atom. The van der Waals surface area contributed by atoms with E-state index >= 15 is 0 Å². The molecule has 0 radical (unpaired) electrons. The Morgan fingerprint density at radius 2 is 1.88 bits per heavy atom. The molecular weight excluding hydrogens is 314 g/mol. The summed E-state index contributed by atoms with van der Waals surface area (Å²) in [5.74, 6) is 2.72. The Morgan fingerprint density at radius 1 is 1.08 bits per heavy atom. The number of hydrogen-bond donors (Lipinski definition) is 0. The van der Waals surface area contributed by atoms with Gasteiger partial charge in [0, 0.05) is 18.5 Å². The Kier molecular flexibility index (Phi) is 6.22. The molecule has 1 aromatic rings. The highest BCUT2D eigenvalue weighted by Crippen LogP contribution is 2.39. The van der Waals surface area contributed by atoms with Crippen molar-refractivity contribution >= 4 is 5.91 Å². The number of benzene rings is 1. The van der Waals surface area contributed by atoms with E-state index in [1.54, 1.807) is 14.2 Å². The van der Waals surface area contributed by atoms with Crippen molar-refractivity contribution in [1.29, 1.82) is 0 Å². The minimum absolute atomic E-state index is 0.115. The molecule has 0 bridgehead atoms. The molecule has 1 aliphatic carbocycles. The summed E-state index contributed by atoms with van der Waals surface area (Å²) >= 11 is 0. The van der Waals surface area contributed by atoms with Crippen molar-refractivity contribution in [3.63, 3.8) is 0 Å². The second-order valence-electron chi connectivity index (χ2n) is 7.40. The van der Waals surface area contributed by atoms with E-state index < -0.39 is 0 Å². The summed E-state index contributed by atoms with van der Waals surface area (Å²) < 4.78 is 10.9. The number of methoxy groups -OCH3 is 2. The average molecular weight is 345 g/mol. The molecule has 2 fully saturated rings. The van der Waals surface area contributed by atoms with Crippen LogP contribution in [0.3, 0.4) is 0 Å². The molecule has 2 aliphatic rings.